The molecule has 1 fully saturated rings. The van der Waals surface area contributed by atoms with Crippen LogP contribution in [-0.2, 0) is 4.74 Å². The fourth-order valence-electron chi connectivity index (χ4n) is 2.38. The molecule has 1 atom stereocenters. The molecule has 1 aliphatic rings. The molecule has 0 saturated carbocycles. The Labute approximate surface area is 158 Å². The molecule has 0 radical (unpaired) electrons. The number of amides is 1. The molecule has 0 bridgehead atoms. The molecule has 0 N–H and O–H groups in total. The summed E-state index contributed by atoms with van der Waals surface area (Å²) in [5.74, 6) is 0.848. The Morgan fingerprint density at radius 1 is 1.38 bits per heavy atom. The highest BCUT2D eigenvalue weighted by molar-refractivity contribution is 9.10. The molecule has 24 heavy (non-hydrogen) atoms. The van der Waals surface area contributed by atoms with Gasteiger partial charge in [0.2, 0.25) is 0 Å². The molecule has 2 heterocycles. The van der Waals surface area contributed by atoms with E-state index in [1.165, 1.54) is 0 Å². The number of ether oxygens (including phenoxy) is 1. The van der Waals surface area contributed by atoms with Crippen LogP contribution in [-0.4, -0.2) is 47.3 Å². The van der Waals surface area contributed by atoms with Crippen molar-refractivity contribution in [2.75, 3.05) is 24.5 Å². The number of carbonyl (C=O) groups is 1. The summed E-state index contributed by atoms with van der Waals surface area (Å²) in [5.41, 5.74) is -0.474. The van der Waals surface area contributed by atoms with Gasteiger partial charge in [0.25, 0.3) is 0 Å². The maximum Gasteiger partial charge on any atom is 0.410 e. The van der Waals surface area contributed by atoms with Crippen molar-refractivity contribution < 1.29 is 9.53 Å². The zero-order valence-corrected chi connectivity index (χ0v) is 17.6. The van der Waals surface area contributed by atoms with Gasteiger partial charge in [-0.05, 0) is 49.7 Å². The van der Waals surface area contributed by atoms with Crippen LogP contribution in [0.15, 0.2) is 16.7 Å². The van der Waals surface area contributed by atoms with Crippen molar-refractivity contribution in [3.63, 3.8) is 0 Å². The first-order chi connectivity index (χ1) is 11.2. The van der Waals surface area contributed by atoms with Crippen LogP contribution in [0, 0.1) is 0 Å². The summed E-state index contributed by atoms with van der Waals surface area (Å²) in [6, 6.07) is 1.97. The van der Waals surface area contributed by atoms with Crippen molar-refractivity contribution >= 4 is 39.4 Å². The molecule has 0 spiro atoms. The highest BCUT2D eigenvalue weighted by atomic mass is 79.9. The molecule has 5 nitrogen and oxygen atoms in total. The number of aromatic nitrogens is 1. The van der Waals surface area contributed by atoms with Gasteiger partial charge in [0.15, 0.2) is 0 Å². The standard InChI is InChI=1S/C15H21BrClN3O2.C2H6/c1-10-9-19(14(21)22-15(2,3)4)5-6-20(10)13-12(16)7-11(17)8-18-13;1-2/h7-8,10H,5-6,9H2,1-4H3;1-2H3. The van der Waals surface area contributed by atoms with Crippen molar-refractivity contribution in [3.05, 3.63) is 21.8 Å². The Balaban J connectivity index is 0.00000139. The van der Waals surface area contributed by atoms with Gasteiger partial charge in [0.1, 0.15) is 11.4 Å². The van der Waals surface area contributed by atoms with E-state index in [0.717, 1.165) is 10.3 Å². The minimum atomic E-state index is -0.474. The first-order valence-corrected chi connectivity index (χ1v) is 9.40. The average Bonchev–Trinajstić information content (AvgIpc) is 2.48. The largest absolute Gasteiger partial charge is 0.444 e. The van der Waals surface area contributed by atoms with Gasteiger partial charge in [0, 0.05) is 31.9 Å². The van der Waals surface area contributed by atoms with Gasteiger partial charge >= 0.3 is 6.09 Å². The zero-order valence-electron chi connectivity index (χ0n) is 15.3. The minimum Gasteiger partial charge on any atom is -0.444 e. The van der Waals surface area contributed by atoms with Gasteiger partial charge < -0.3 is 14.5 Å². The Hall–Kier alpha value is -1.01. The number of carbonyl (C=O) groups excluding carboxylic acids is 1. The number of hydrogen-bond acceptors (Lipinski definition) is 4. The fourth-order valence-corrected chi connectivity index (χ4v) is 3.25. The van der Waals surface area contributed by atoms with Crippen molar-refractivity contribution in [1.29, 1.82) is 0 Å². The molecule has 1 aliphatic heterocycles. The number of anilines is 1. The lowest BCUT2D eigenvalue weighted by atomic mass is 10.2. The third kappa shape index (κ3) is 5.81. The number of hydrogen-bond donors (Lipinski definition) is 0. The number of nitrogens with zero attached hydrogens (tertiary/aromatic N) is 3. The van der Waals surface area contributed by atoms with Crippen molar-refractivity contribution in [2.45, 2.75) is 53.2 Å². The molecule has 0 aromatic carbocycles. The van der Waals surface area contributed by atoms with E-state index >= 15 is 0 Å². The van der Waals surface area contributed by atoms with Crippen molar-refractivity contribution in [1.82, 2.24) is 9.88 Å². The highest BCUT2D eigenvalue weighted by Gasteiger charge is 2.31. The Kier molecular flexibility index (Phi) is 7.80. The Morgan fingerprint density at radius 2 is 2.00 bits per heavy atom. The predicted molar refractivity (Wildman–Crippen MR) is 103 cm³/mol. The van der Waals surface area contributed by atoms with Crippen LogP contribution < -0.4 is 4.90 Å². The van der Waals surface area contributed by atoms with Crippen molar-refractivity contribution in [3.8, 4) is 0 Å². The predicted octanol–water partition coefficient (Wildman–Crippen LogP) is 4.97. The first kappa shape index (κ1) is 21.0. The van der Waals surface area contributed by atoms with E-state index in [0.29, 0.717) is 24.7 Å². The van der Waals surface area contributed by atoms with E-state index in [1.54, 1.807) is 11.1 Å². The van der Waals surface area contributed by atoms with Crippen LogP contribution in [0.5, 0.6) is 0 Å². The van der Waals surface area contributed by atoms with Gasteiger partial charge in [-0.3, -0.25) is 0 Å². The highest BCUT2D eigenvalue weighted by Crippen LogP contribution is 2.29. The van der Waals surface area contributed by atoms with E-state index in [-0.39, 0.29) is 12.1 Å². The number of piperazine rings is 1. The molecule has 2 rings (SSSR count). The second kappa shape index (κ2) is 8.90. The van der Waals surface area contributed by atoms with E-state index in [9.17, 15) is 4.79 Å². The van der Waals surface area contributed by atoms with Gasteiger partial charge in [-0.1, -0.05) is 25.4 Å². The van der Waals surface area contributed by atoms with Gasteiger partial charge in [-0.15, -0.1) is 0 Å². The molecule has 1 aromatic rings. The number of pyridine rings is 1. The van der Waals surface area contributed by atoms with Crippen LogP contribution in [0.25, 0.3) is 0 Å². The first-order valence-electron chi connectivity index (χ1n) is 8.23. The van der Waals surface area contributed by atoms with Gasteiger partial charge in [-0.2, -0.15) is 0 Å². The second-order valence-corrected chi connectivity index (χ2v) is 7.72. The molecule has 136 valence electrons. The summed E-state index contributed by atoms with van der Waals surface area (Å²) in [5, 5.41) is 0.593. The lowest BCUT2D eigenvalue weighted by Gasteiger charge is -2.41. The van der Waals surface area contributed by atoms with Crippen LogP contribution >= 0.6 is 27.5 Å². The van der Waals surface area contributed by atoms with Gasteiger partial charge in [-0.25, -0.2) is 9.78 Å². The Morgan fingerprint density at radius 3 is 2.50 bits per heavy atom. The topological polar surface area (TPSA) is 45.7 Å². The van der Waals surface area contributed by atoms with Crippen LogP contribution in [0.1, 0.15) is 41.5 Å². The van der Waals surface area contributed by atoms with Gasteiger partial charge in [0.05, 0.1) is 9.50 Å². The summed E-state index contributed by atoms with van der Waals surface area (Å²) >= 11 is 9.44. The SMILES string of the molecule is CC.CC1CN(C(=O)OC(C)(C)C)CCN1c1ncc(Cl)cc1Br. The second-order valence-electron chi connectivity index (χ2n) is 6.43. The maximum atomic E-state index is 12.2. The summed E-state index contributed by atoms with van der Waals surface area (Å²) in [7, 11) is 0. The lowest BCUT2D eigenvalue weighted by molar-refractivity contribution is 0.0218. The molecular weight excluding hydrogens is 394 g/mol. The fraction of sp³-hybridized carbons (Fsp3) is 0.647. The number of rotatable bonds is 1. The molecule has 1 aromatic heterocycles. The van der Waals surface area contributed by atoms with Crippen LogP contribution in [0.4, 0.5) is 10.6 Å². The molecule has 1 saturated heterocycles. The average molecular weight is 421 g/mol. The van der Waals surface area contributed by atoms with Crippen molar-refractivity contribution in [2.24, 2.45) is 0 Å². The molecule has 0 aliphatic carbocycles. The van der Waals surface area contributed by atoms with E-state index < -0.39 is 5.60 Å². The summed E-state index contributed by atoms with van der Waals surface area (Å²) in [6.45, 7) is 13.6. The zero-order chi connectivity index (χ0) is 18.5. The summed E-state index contributed by atoms with van der Waals surface area (Å²) < 4.78 is 6.29. The molecule has 1 amide bonds. The third-order valence-corrected chi connectivity index (χ3v) is 4.13. The van der Waals surface area contributed by atoms with Crippen LogP contribution in [0.2, 0.25) is 5.02 Å². The monoisotopic (exact) mass is 419 g/mol. The smallest absolute Gasteiger partial charge is 0.410 e. The normalized spacial score (nSPS) is 17.9. The molecular formula is C17H27BrClN3O2. The number of halogens is 2. The molecule has 1 unspecified atom stereocenters. The van der Waals surface area contributed by atoms with E-state index in [1.807, 2.05) is 40.7 Å². The van der Waals surface area contributed by atoms with E-state index in [2.05, 4.69) is 32.7 Å². The lowest BCUT2D eigenvalue weighted by Crippen LogP contribution is -2.54. The summed E-state index contributed by atoms with van der Waals surface area (Å²) in [4.78, 5) is 20.5. The minimum absolute atomic E-state index is 0.145. The van der Waals surface area contributed by atoms with Crippen LogP contribution in [0.3, 0.4) is 0 Å². The maximum absolute atomic E-state index is 12.2. The molecule has 7 heteroatoms. The third-order valence-electron chi connectivity index (χ3n) is 3.34. The van der Waals surface area contributed by atoms with E-state index in [4.69, 9.17) is 16.3 Å². The quantitative estimate of drug-likeness (QED) is 0.643. The summed E-state index contributed by atoms with van der Waals surface area (Å²) in [6.07, 6.45) is 1.37. The Bertz CT molecular complexity index is 563.